The third-order valence-corrected chi connectivity index (χ3v) is 4.41. The van der Waals surface area contributed by atoms with Gasteiger partial charge in [-0.05, 0) is 43.9 Å². The summed E-state index contributed by atoms with van der Waals surface area (Å²) in [5.41, 5.74) is 1.12. The van der Waals surface area contributed by atoms with Crippen molar-refractivity contribution in [1.82, 2.24) is 4.72 Å². The van der Waals surface area contributed by atoms with Gasteiger partial charge in [-0.15, -0.1) is 0 Å². The number of aryl methyl sites for hydroxylation is 1. The Bertz CT molecular complexity index is 517. The van der Waals surface area contributed by atoms with Gasteiger partial charge in [0.15, 0.2) is 0 Å². The molecule has 0 saturated heterocycles. The van der Waals surface area contributed by atoms with Crippen molar-refractivity contribution in [1.29, 1.82) is 0 Å². The fourth-order valence-electron chi connectivity index (χ4n) is 1.68. The van der Waals surface area contributed by atoms with E-state index in [1.807, 2.05) is 0 Å². The van der Waals surface area contributed by atoms with Gasteiger partial charge in [0, 0.05) is 12.6 Å². The van der Waals surface area contributed by atoms with Gasteiger partial charge in [-0.2, -0.15) is 0 Å². The minimum Gasteiger partial charge on any atom is -0.396 e. The lowest BCUT2D eigenvalue weighted by atomic mass is 10.1. The second-order valence-corrected chi connectivity index (χ2v) is 6.47. The monoisotopic (exact) mass is 289 g/mol. The topological polar surface area (TPSA) is 66.4 Å². The van der Waals surface area contributed by atoms with E-state index in [9.17, 15) is 12.8 Å². The molecule has 0 aliphatic heterocycles. The van der Waals surface area contributed by atoms with E-state index in [0.717, 1.165) is 0 Å². The van der Waals surface area contributed by atoms with E-state index in [-0.39, 0.29) is 18.2 Å². The highest BCUT2D eigenvalue weighted by Crippen LogP contribution is 2.17. The lowest BCUT2D eigenvalue weighted by Crippen LogP contribution is -2.29. The molecule has 0 fully saturated rings. The van der Waals surface area contributed by atoms with Crippen molar-refractivity contribution in [3.05, 3.63) is 35.1 Å². The summed E-state index contributed by atoms with van der Waals surface area (Å²) in [4.78, 5) is 0. The molecule has 1 rings (SSSR count). The normalized spacial score (nSPS) is 13.5. The van der Waals surface area contributed by atoms with Crippen LogP contribution in [0.1, 0.15) is 36.9 Å². The second-order valence-electron chi connectivity index (χ2n) is 4.60. The van der Waals surface area contributed by atoms with Crippen LogP contribution in [0.3, 0.4) is 0 Å². The summed E-state index contributed by atoms with van der Waals surface area (Å²) >= 11 is 0. The van der Waals surface area contributed by atoms with Crippen LogP contribution in [0.25, 0.3) is 0 Å². The largest absolute Gasteiger partial charge is 0.396 e. The minimum absolute atomic E-state index is 0.0196. The summed E-state index contributed by atoms with van der Waals surface area (Å²) < 4.78 is 39.4. The first-order valence-electron chi connectivity index (χ1n) is 6.22. The van der Waals surface area contributed by atoms with Crippen molar-refractivity contribution in [2.75, 3.05) is 12.4 Å². The van der Waals surface area contributed by atoms with Crippen LogP contribution in [0.15, 0.2) is 18.2 Å². The van der Waals surface area contributed by atoms with Gasteiger partial charge in [-0.25, -0.2) is 17.5 Å². The van der Waals surface area contributed by atoms with Crippen molar-refractivity contribution < 1.29 is 17.9 Å². The Hall–Kier alpha value is -0.980. The van der Waals surface area contributed by atoms with Crippen LogP contribution in [0.2, 0.25) is 0 Å². The molecule has 19 heavy (non-hydrogen) atoms. The molecule has 1 aromatic rings. The number of nitrogens with one attached hydrogen (secondary N) is 1. The standard InChI is InChI=1S/C13H20FNO3S/c1-10-5-6-12(9-13(10)14)11(2)15-19(17,18)8-4-3-7-16/h5-6,9,11,15-16H,3-4,7-8H2,1-2H3. The van der Waals surface area contributed by atoms with Crippen LogP contribution in [0, 0.1) is 12.7 Å². The summed E-state index contributed by atoms with van der Waals surface area (Å²) in [6, 6.07) is 4.20. The van der Waals surface area contributed by atoms with Crippen molar-refractivity contribution in [2.24, 2.45) is 0 Å². The number of benzene rings is 1. The van der Waals surface area contributed by atoms with Gasteiger partial charge < -0.3 is 5.11 Å². The maximum atomic E-state index is 13.4. The zero-order valence-corrected chi connectivity index (χ0v) is 12.0. The van der Waals surface area contributed by atoms with Crippen LogP contribution in [0.5, 0.6) is 0 Å². The molecular formula is C13H20FNO3S. The van der Waals surface area contributed by atoms with Crippen LogP contribution >= 0.6 is 0 Å². The van der Waals surface area contributed by atoms with E-state index in [1.54, 1.807) is 26.0 Å². The molecule has 2 N–H and O–H groups in total. The molecule has 108 valence electrons. The average Bonchev–Trinajstić information content (AvgIpc) is 2.32. The second kappa shape index (κ2) is 6.98. The van der Waals surface area contributed by atoms with Crippen LogP contribution in [-0.2, 0) is 10.0 Å². The Balaban J connectivity index is 2.67. The molecule has 6 heteroatoms. The van der Waals surface area contributed by atoms with Gasteiger partial charge in [0.1, 0.15) is 5.82 Å². The number of halogens is 1. The molecule has 0 aliphatic rings. The SMILES string of the molecule is Cc1ccc(C(C)NS(=O)(=O)CCCCO)cc1F. The Morgan fingerprint density at radius 2 is 2.05 bits per heavy atom. The van der Waals surface area contributed by atoms with Gasteiger partial charge in [0.25, 0.3) is 0 Å². The number of aliphatic hydroxyl groups is 1. The van der Waals surface area contributed by atoms with E-state index in [2.05, 4.69) is 4.72 Å². The quantitative estimate of drug-likeness (QED) is 0.753. The Morgan fingerprint density at radius 1 is 1.37 bits per heavy atom. The summed E-state index contributed by atoms with van der Waals surface area (Å²) in [7, 11) is -3.41. The van der Waals surface area contributed by atoms with Gasteiger partial charge in [-0.1, -0.05) is 12.1 Å². The molecule has 0 radical (unpaired) electrons. The first-order chi connectivity index (χ1) is 8.85. The molecule has 0 heterocycles. The number of hydrogen-bond donors (Lipinski definition) is 2. The summed E-state index contributed by atoms with van der Waals surface area (Å²) in [6.07, 6.45) is 0.856. The lowest BCUT2D eigenvalue weighted by Gasteiger charge is -2.15. The highest BCUT2D eigenvalue weighted by Gasteiger charge is 2.16. The first-order valence-corrected chi connectivity index (χ1v) is 7.88. The van der Waals surface area contributed by atoms with E-state index in [4.69, 9.17) is 5.11 Å². The van der Waals surface area contributed by atoms with E-state index in [0.29, 0.717) is 24.0 Å². The van der Waals surface area contributed by atoms with Gasteiger partial charge >= 0.3 is 0 Å². The van der Waals surface area contributed by atoms with Crippen LogP contribution in [-0.4, -0.2) is 25.9 Å². The highest BCUT2D eigenvalue weighted by molar-refractivity contribution is 7.89. The molecule has 4 nitrogen and oxygen atoms in total. The predicted octanol–water partition coefficient (Wildman–Crippen LogP) is 1.89. The fourth-order valence-corrected chi connectivity index (χ4v) is 3.06. The van der Waals surface area contributed by atoms with E-state index < -0.39 is 16.1 Å². The molecule has 0 aromatic heterocycles. The summed E-state index contributed by atoms with van der Waals surface area (Å²) in [5, 5.41) is 8.62. The maximum absolute atomic E-state index is 13.4. The molecule has 0 amide bonds. The number of rotatable bonds is 7. The van der Waals surface area contributed by atoms with Gasteiger partial charge in [0.05, 0.1) is 5.75 Å². The van der Waals surface area contributed by atoms with Crippen molar-refractivity contribution >= 4 is 10.0 Å². The zero-order chi connectivity index (χ0) is 14.5. The summed E-state index contributed by atoms with van der Waals surface area (Å²) in [5.74, 6) is -0.379. The van der Waals surface area contributed by atoms with E-state index >= 15 is 0 Å². The van der Waals surface area contributed by atoms with Crippen LogP contribution in [0.4, 0.5) is 4.39 Å². The van der Waals surface area contributed by atoms with Gasteiger partial charge in [-0.3, -0.25) is 0 Å². The van der Waals surface area contributed by atoms with Crippen molar-refractivity contribution in [2.45, 2.75) is 32.7 Å². The smallest absolute Gasteiger partial charge is 0.212 e. The molecule has 0 saturated carbocycles. The number of sulfonamides is 1. The molecule has 1 aromatic carbocycles. The lowest BCUT2D eigenvalue weighted by molar-refractivity contribution is 0.287. The number of hydrogen-bond acceptors (Lipinski definition) is 3. The Labute approximate surface area is 113 Å². The third kappa shape index (κ3) is 5.26. The van der Waals surface area contributed by atoms with E-state index in [1.165, 1.54) is 6.07 Å². The Morgan fingerprint density at radius 3 is 2.63 bits per heavy atom. The molecular weight excluding hydrogens is 269 g/mol. The average molecular weight is 289 g/mol. The zero-order valence-electron chi connectivity index (χ0n) is 11.2. The van der Waals surface area contributed by atoms with Crippen molar-refractivity contribution in [3.8, 4) is 0 Å². The minimum atomic E-state index is -3.41. The summed E-state index contributed by atoms with van der Waals surface area (Å²) in [6.45, 7) is 3.31. The molecule has 0 spiro atoms. The number of aliphatic hydroxyl groups excluding tert-OH is 1. The molecule has 1 unspecified atom stereocenters. The van der Waals surface area contributed by atoms with Crippen LogP contribution < -0.4 is 4.72 Å². The van der Waals surface area contributed by atoms with Gasteiger partial charge in [0.2, 0.25) is 10.0 Å². The highest BCUT2D eigenvalue weighted by atomic mass is 32.2. The third-order valence-electron chi connectivity index (χ3n) is 2.87. The first kappa shape index (κ1) is 16.1. The predicted molar refractivity (Wildman–Crippen MR) is 72.8 cm³/mol. The molecule has 0 bridgehead atoms. The Kier molecular flexibility index (Phi) is 5.90. The maximum Gasteiger partial charge on any atom is 0.212 e. The number of unbranched alkanes of at least 4 members (excludes halogenated alkanes) is 1. The van der Waals surface area contributed by atoms with Crippen molar-refractivity contribution in [3.63, 3.8) is 0 Å². The molecule has 0 aliphatic carbocycles. The molecule has 1 atom stereocenters. The fraction of sp³-hybridized carbons (Fsp3) is 0.538.